The maximum atomic E-state index is 13.5. The first-order valence-electron chi connectivity index (χ1n) is 5.78. The SMILES string of the molecule is Cc1ccc(-c2nc(C(C)(C)C(=O)O)cs2)cc1F. The molecular formula is C14H14FNO2S. The Morgan fingerprint density at radius 1 is 1.42 bits per heavy atom. The number of rotatable bonds is 3. The molecule has 2 rings (SSSR count). The van der Waals surface area contributed by atoms with Gasteiger partial charge in [-0.1, -0.05) is 12.1 Å². The van der Waals surface area contributed by atoms with Crippen molar-refractivity contribution in [2.45, 2.75) is 26.2 Å². The second-order valence-electron chi connectivity index (χ2n) is 4.93. The van der Waals surface area contributed by atoms with Crippen LogP contribution in [0.1, 0.15) is 25.1 Å². The summed E-state index contributed by atoms with van der Waals surface area (Å²) in [4.78, 5) is 15.5. The molecule has 0 aliphatic carbocycles. The van der Waals surface area contributed by atoms with Gasteiger partial charge in [0, 0.05) is 10.9 Å². The van der Waals surface area contributed by atoms with Crippen LogP contribution in [0.5, 0.6) is 0 Å². The normalized spacial score (nSPS) is 11.6. The van der Waals surface area contributed by atoms with Crippen molar-refractivity contribution in [3.8, 4) is 10.6 Å². The van der Waals surface area contributed by atoms with Crippen LogP contribution in [0.25, 0.3) is 10.6 Å². The molecule has 0 aliphatic rings. The number of nitrogens with zero attached hydrogens (tertiary/aromatic N) is 1. The largest absolute Gasteiger partial charge is 0.481 e. The van der Waals surface area contributed by atoms with Crippen molar-refractivity contribution < 1.29 is 14.3 Å². The number of carboxylic acid groups (broad SMARTS) is 1. The third-order valence-corrected chi connectivity index (χ3v) is 3.99. The van der Waals surface area contributed by atoms with Crippen LogP contribution in [0, 0.1) is 12.7 Å². The number of carbonyl (C=O) groups is 1. The van der Waals surface area contributed by atoms with E-state index in [9.17, 15) is 9.18 Å². The van der Waals surface area contributed by atoms with Gasteiger partial charge in [0.15, 0.2) is 0 Å². The van der Waals surface area contributed by atoms with E-state index in [1.165, 1.54) is 17.4 Å². The highest BCUT2D eigenvalue weighted by molar-refractivity contribution is 7.13. The molecule has 0 aliphatic heterocycles. The zero-order valence-electron chi connectivity index (χ0n) is 10.9. The monoisotopic (exact) mass is 279 g/mol. The molecule has 0 bridgehead atoms. The zero-order chi connectivity index (χ0) is 14.2. The molecule has 0 atom stereocenters. The highest BCUT2D eigenvalue weighted by atomic mass is 32.1. The Kier molecular flexibility index (Phi) is 3.41. The molecule has 5 heteroatoms. The van der Waals surface area contributed by atoms with Crippen LogP contribution >= 0.6 is 11.3 Å². The fourth-order valence-corrected chi connectivity index (χ4v) is 2.51. The summed E-state index contributed by atoms with van der Waals surface area (Å²) in [5.74, 6) is -1.22. The molecule has 0 radical (unpaired) electrons. The predicted molar refractivity (Wildman–Crippen MR) is 72.9 cm³/mol. The number of aryl methyl sites for hydroxylation is 1. The molecular weight excluding hydrogens is 265 g/mol. The van der Waals surface area contributed by atoms with Gasteiger partial charge in [-0.3, -0.25) is 4.79 Å². The summed E-state index contributed by atoms with van der Waals surface area (Å²) >= 11 is 1.32. The van der Waals surface area contributed by atoms with E-state index in [0.717, 1.165) is 0 Å². The van der Waals surface area contributed by atoms with Gasteiger partial charge in [-0.2, -0.15) is 0 Å². The van der Waals surface area contributed by atoms with Crippen molar-refractivity contribution in [1.82, 2.24) is 4.98 Å². The Bertz CT molecular complexity index is 634. The first-order chi connectivity index (χ1) is 8.82. The van der Waals surface area contributed by atoms with E-state index in [1.807, 2.05) is 0 Å². The molecule has 0 saturated heterocycles. The van der Waals surface area contributed by atoms with Gasteiger partial charge in [-0.15, -0.1) is 11.3 Å². The summed E-state index contributed by atoms with van der Waals surface area (Å²) in [6, 6.07) is 4.90. The van der Waals surface area contributed by atoms with Crippen LogP contribution in [-0.4, -0.2) is 16.1 Å². The molecule has 0 unspecified atom stereocenters. The van der Waals surface area contributed by atoms with Gasteiger partial charge in [0.2, 0.25) is 0 Å². The number of aromatic nitrogens is 1. The van der Waals surface area contributed by atoms with Crippen LogP contribution in [0.2, 0.25) is 0 Å². The van der Waals surface area contributed by atoms with E-state index in [0.29, 0.717) is 21.8 Å². The molecule has 0 spiro atoms. The lowest BCUT2D eigenvalue weighted by Gasteiger charge is -2.15. The number of benzene rings is 1. The van der Waals surface area contributed by atoms with Crippen molar-refractivity contribution in [1.29, 1.82) is 0 Å². The fraction of sp³-hybridized carbons (Fsp3) is 0.286. The van der Waals surface area contributed by atoms with E-state index < -0.39 is 11.4 Å². The first kappa shape index (κ1) is 13.7. The number of thiazole rings is 1. The summed E-state index contributed by atoms with van der Waals surface area (Å²) in [6.45, 7) is 4.90. The third kappa shape index (κ3) is 2.51. The van der Waals surface area contributed by atoms with Gasteiger partial charge in [0.05, 0.1) is 5.69 Å². The maximum absolute atomic E-state index is 13.5. The summed E-state index contributed by atoms with van der Waals surface area (Å²) in [6.07, 6.45) is 0. The van der Waals surface area contributed by atoms with E-state index in [1.54, 1.807) is 38.3 Å². The van der Waals surface area contributed by atoms with Gasteiger partial charge in [0.25, 0.3) is 0 Å². The average molecular weight is 279 g/mol. The molecule has 1 aromatic carbocycles. The second kappa shape index (κ2) is 4.74. The minimum atomic E-state index is -1.04. The molecule has 1 N–H and O–H groups in total. The molecule has 0 saturated carbocycles. The standard InChI is InChI=1S/C14H14FNO2S/c1-8-4-5-9(6-10(8)15)12-16-11(7-19-12)14(2,3)13(17)18/h4-7H,1-3H3,(H,17,18). The third-order valence-electron chi connectivity index (χ3n) is 3.10. The van der Waals surface area contributed by atoms with Crippen molar-refractivity contribution in [3.63, 3.8) is 0 Å². The molecule has 19 heavy (non-hydrogen) atoms. The lowest BCUT2D eigenvalue weighted by atomic mass is 9.90. The van der Waals surface area contributed by atoms with Crippen LogP contribution in [0.4, 0.5) is 4.39 Å². The van der Waals surface area contributed by atoms with Gasteiger partial charge in [-0.05, 0) is 32.4 Å². The van der Waals surface area contributed by atoms with Crippen molar-refractivity contribution >= 4 is 17.3 Å². The Hall–Kier alpha value is -1.75. The second-order valence-corrected chi connectivity index (χ2v) is 5.79. The number of carboxylic acids is 1. The number of hydrogen-bond donors (Lipinski definition) is 1. The van der Waals surface area contributed by atoms with Crippen molar-refractivity contribution in [3.05, 3.63) is 40.7 Å². The van der Waals surface area contributed by atoms with Crippen LogP contribution < -0.4 is 0 Å². The van der Waals surface area contributed by atoms with E-state index in [-0.39, 0.29) is 5.82 Å². The predicted octanol–water partition coefficient (Wildman–Crippen LogP) is 3.62. The van der Waals surface area contributed by atoms with Gasteiger partial charge in [0.1, 0.15) is 16.2 Å². The molecule has 2 aromatic rings. The van der Waals surface area contributed by atoms with E-state index >= 15 is 0 Å². The Morgan fingerprint density at radius 3 is 2.68 bits per heavy atom. The first-order valence-corrected chi connectivity index (χ1v) is 6.66. The van der Waals surface area contributed by atoms with Gasteiger partial charge < -0.3 is 5.11 Å². The van der Waals surface area contributed by atoms with Crippen LogP contribution in [0.15, 0.2) is 23.6 Å². The van der Waals surface area contributed by atoms with Crippen LogP contribution in [0.3, 0.4) is 0 Å². The lowest BCUT2D eigenvalue weighted by Crippen LogP contribution is -2.28. The number of aliphatic carboxylic acids is 1. The molecule has 1 heterocycles. The van der Waals surface area contributed by atoms with Crippen molar-refractivity contribution in [2.75, 3.05) is 0 Å². The number of halogens is 1. The molecule has 0 amide bonds. The summed E-state index contributed by atoms with van der Waals surface area (Å²) in [5.41, 5.74) is 0.686. The fourth-order valence-electron chi connectivity index (χ4n) is 1.53. The molecule has 3 nitrogen and oxygen atoms in total. The smallest absolute Gasteiger partial charge is 0.315 e. The molecule has 0 fully saturated rings. The Morgan fingerprint density at radius 2 is 2.11 bits per heavy atom. The van der Waals surface area contributed by atoms with Crippen molar-refractivity contribution in [2.24, 2.45) is 0 Å². The van der Waals surface area contributed by atoms with E-state index in [2.05, 4.69) is 4.98 Å². The minimum Gasteiger partial charge on any atom is -0.481 e. The lowest BCUT2D eigenvalue weighted by molar-refractivity contribution is -0.142. The Labute approximate surface area is 114 Å². The summed E-state index contributed by atoms with van der Waals surface area (Å²) in [7, 11) is 0. The maximum Gasteiger partial charge on any atom is 0.315 e. The van der Waals surface area contributed by atoms with Gasteiger partial charge in [-0.25, -0.2) is 9.37 Å². The molecule has 1 aromatic heterocycles. The average Bonchev–Trinajstić information content (AvgIpc) is 2.82. The van der Waals surface area contributed by atoms with Gasteiger partial charge >= 0.3 is 5.97 Å². The highest BCUT2D eigenvalue weighted by Crippen LogP contribution is 2.30. The highest BCUT2D eigenvalue weighted by Gasteiger charge is 2.32. The minimum absolute atomic E-state index is 0.285. The van der Waals surface area contributed by atoms with Crippen LogP contribution in [-0.2, 0) is 10.2 Å². The molecule has 100 valence electrons. The summed E-state index contributed by atoms with van der Waals surface area (Å²) in [5, 5.41) is 11.5. The number of hydrogen-bond acceptors (Lipinski definition) is 3. The Balaban J connectivity index is 2.41. The van der Waals surface area contributed by atoms with E-state index in [4.69, 9.17) is 5.11 Å². The summed E-state index contributed by atoms with van der Waals surface area (Å²) < 4.78 is 13.5. The quantitative estimate of drug-likeness (QED) is 0.933. The zero-order valence-corrected chi connectivity index (χ0v) is 11.7. The topological polar surface area (TPSA) is 50.2 Å².